The maximum atomic E-state index is 6.01. The smallest absolute Gasteiger partial charge is 0.0838 e. The summed E-state index contributed by atoms with van der Waals surface area (Å²) in [5.41, 5.74) is 4.80. The topological polar surface area (TPSA) is 63.8 Å². The van der Waals surface area contributed by atoms with Gasteiger partial charge in [0.2, 0.25) is 0 Å². The van der Waals surface area contributed by atoms with Gasteiger partial charge in [0.1, 0.15) is 0 Å². The molecule has 0 aliphatic carbocycles. The standard InChI is InChI=1S/C12H15ClN4S/c1-7(2)10-12(18-17-16-10)11(15-14)8-4-3-5-9(13)6-8/h3-7,11,15H,14H2,1-2H3. The maximum absolute atomic E-state index is 6.01. The summed E-state index contributed by atoms with van der Waals surface area (Å²) < 4.78 is 4.02. The van der Waals surface area contributed by atoms with Crippen LogP contribution in [0.1, 0.15) is 41.9 Å². The molecule has 0 radical (unpaired) electrons. The fourth-order valence-corrected chi connectivity index (χ4v) is 2.91. The van der Waals surface area contributed by atoms with E-state index in [2.05, 4.69) is 28.9 Å². The molecule has 0 amide bonds. The van der Waals surface area contributed by atoms with E-state index in [9.17, 15) is 0 Å². The van der Waals surface area contributed by atoms with E-state index in [-0.39, 0.29) is 6.04 Å². The van der Waals surface area contributed by atoms with Gasteiger partial charge in [0.05, 0.1) is 16.6 Å². The van der Waals surface area contributed by atoms with E-state index >= 15 is 0 Å². The third-order valence-corrected chi connectivity index (χ3v) is 3.74. The molecular weight excluding hydrogens is 268 g/mol. The van der Waals surface area contributed by atoms with E-state index in [1.54, 1.807) is 0 Å². The fourth-order valence-electron chi connectivity index (χ4n) is 1.81. The van der Waals surface area contributed by atoms with Crippen LogP contribution in [-0.2, 0) is 0 Å². The second kappa shape index (κ2) is 5.75. The van der Waals surface area contributed by atoms with Gasteiger partial charge in [-0.25, -0.2) is 5.43 Å². The Morgan fingerprint density at radius 3 is 2.78 bits per heavy atom. The van der Waals surface area contributed by atoms with Crippen LogP contribution in [0.2, 0.25) is 5.02 Å². The molecule has 2 aromatic rings. The number of hydrogen-bond donors (Lipinski definition) is 2. The number of nitrogens with zero attached hydrogens (tertiary/aromatic N) is 2. The largest absolute Gasteiger partial charge is 0.271 e. The molecule has 0 fully saturated rings. The molecule has 0 spiro atoms. The maximum Gasteiger partial charge on any atom is 0.0838 e. The van der Waals surface area contributed by atoms with Gasteiger partial charge in [-0.05, 0) is 35.1 Å². The number of aromatic nitrogens is 2. The minimum absolute atomic E-state index is 0.124. The molecule has 2 rings (SSSR count). The monoisotopic (exact) mass is 282 g/mol. The minimum Gasteiger partial charge on any atom is -0.271 e. The number of halogens is 1. The third-order valence-electron chi connectivity index (χ3n) is 2.70. The van der Waals surface area contributed by atoms with Crippen molar-refractivity contribution in [1.29, 1.82) is 0 Å². The van der Waals surface area contributed by atoms with E-state index in [1.165, 1.54) is 11.5 Å². The lowest BCUT2D eigenvalue weighted by Gasteiger charge is -2.16. The summed E-state index contributed by atoms with van der Waals surface area (Å²) in [5, 5.41) is 4.86. The molecule has 0 aliphatic rings. The van der Waals surface area contributed by atoms with E-state index < -0.39 is 0 Å². The quantitative estimate of drug-likeness (QED) is 0.669. The van der Waals surface area contributed by atoms with Gasteiger partial charge in [-0.3, -0.25) is 5.84 Å². The number of benzene rings is 1. The van der Waals surface area contributed by atoms with Crippen molar-refractivity contribution < 1.29 is 0 Å². The number of nitrogens with two attached hydrogens (primary N) is 1. The van der Waals surface area contributed by atoms with Crippen LogP contribution in [0, 0.1) is 0 Å². The third kappa shape index (κ3) is 2.70. The molecule has 0 bridgehead atoms. The molecule has 1 aromatic carbocycles. The molecule has 1 unspecified atom stereocenters. The highest BCUT2D eigenvalue weighted by atomic mass is 35.5. The molecule has 4 nitrogen and oxygen atoms in total. The van der Waals surface area contributed by atoms with Crippen LogP contribution in [0.15, 0.2) is 24.3 Å². The van der Waals surface area contributed by atoms with Crippen molar-refractivity contribution in [2.75, 3.05) is 0 Å². The van der Waals surface area contributed by atoms with E-state index in [4.69, 9.17) is 17.4 Å². The van der Waals surface area contributed by atoms with Crippen LogP contribution in [0.25, 0.3) is 0 Å². The van der Waals surface area contributed by atoms with E-state index in [0.29, 0.717) is 10.9 Å². The number of nitrogens with one attached hydrogen (secondary N) is 1. The summed E-state index contributed by atoms with van der Waals surface area (Å²) in [7, 11) is 0. The molecular formula is C12H15ClN4S. The Kier molecular flexibility index (Phi) is 4.29. The Morgan fingerprint density at radius 2 is 2.17 bits per heavy atom. The van der Waals surface area contributed by atoms with Crippen LogP contribution in [0.5, 0.6) is 0 Å². The van der Waals surface area contributed by atoms with Crippen LogP contribution in [-0.4, -0.2) is 9.59 Å². The summed E-state index contributed by atoms with van der Waals surface area (Å²) in [5.74, 6) is 5.99. The van der Waals surface area contributed by atoms with Crippen LogP contribution < -0.4 is 11.3 Å². The van der Waals surface area contributed by atoms with Gasteiger partial charge in [-0.1, -0.05) is 42.1 Å². The van der Waals surface area contributed by atoms with Crippen LogP contribution >= 0.6 is 23.1 Å². The van der Waals surface area contributed by atoms with Crippen molar-refractivity contribution in [2.45, 2.75) is 25.8 Å². The van der Waals surface area contributed by atoms with Gasteiger partial charge >= 0.3 is 0 Å². The zero-order valence-electron chi connectivity index (χ0n) is 10.2. The van der Waals surface area contributed by atoms with E-state index in [0.717, 1.165) is 16.1 Å². The summed E-state index contributed by atoms with van der Waals surface area (Å²) in [4.78, 5) is 1.04. The highest BCUT2D eigenvalue weighted by Gasteiger charge is 2.21. The number of rotatable bonds is 4. The average Bonchev–Trinajstić information content (AvgIpc) is 2.79. The average molecular weight is 283 g/mol. The molecule has 0 saturated heterocycles. The first kappa shape index (κ1) is 13.4. The van der Waals surface area contributed by atoms with Gasteiger partial charge in [0, 0.05) is 5.02 Å². The molecule has 0 aliphatic heterocycles. The molecule has 18 heavy (non-hydrogen) atoms. The predicted molar refractivity (Wildman–Crippen MR) is 74.6 cm³/mol. The SMILES string of the molecule is CC(C)c1nnsc1C(NN)c1cccc(Cl)c1. The zero-order valence-corrected chi connectivity index (χ0v) is 11.8. The summed E-state index contributed by atoms with van der Waals surface area (Å²) in [6, 6.07) is 7.51. The molecule has 3 N–H and O–H groups in total. The lowest BCUT2D eigenvalue weighted by atomic mass is 10.0. The van der Waals surface area contributed by atoms with Crippen LogP contribution in [0.3, 0.4) is 0 Å². The molecule has 1 aromatic heterocycles. The highest BCUT2D eigenvalue weighted by Crippen LogP contribution is 2.31. The van der Waals surface area contributed by atoms with Gasteiger partial charge in [-0.2, -0.15) is 0 Å². The number of hydrogen-bond acceptors (Lipinski definition) is 5. The second-order valence-electron chi connectivity index (χ2n) is 4.33. The van der Waals surface area contributed by atoms with Crippen molar-refractivity contribution >= 4 is 23.1 Å². The Hall–Kier alpha value is -1.01. The molecule has 96 valence electrons. The van der Waals surface area contributed by atoms with Crippen molar-refractivity contribution in [3.8, 4) is 0 Å². The Labute approximate surface area is 115 Å². The molecule has 6 heteroatoms. The number of hydrazine groups is 1. The first-order valence-corrected chi connectivity index (χ1v) is 6.82. The normalized spacial score (nSPS) is 12.9. The first-order chi connectivity index (χ1) is 8.63. The van der Waals surface area contributed by atoms with E-state index in [1.807, 2.05) is 24.3 Å². The second-order valence-corrected chi connectivity index (χ2v) is 5.55. The molecule has 0 saturated carbocycles. The van der Waals surface area contributed by atoms with Crippen LogP contribution in [0.4, 0.5) is 0 Å². The van der Waals surface area contributed by atoms with Crippen molar-refractivity contribution in [3.05, 3.63) is 45.4 Å². The fraction of sp³-hybridized carbons (Fsp3) is 0.333. The van der Waals surface area contributed by atoms with Gasteiger partial charge < -0.3 is 0 Å². The zero-order chi connectivity index (χ0) is 13.1. The Morgan fingerprint density at radius 1 is 1.39 bits per heavy atom. The lowest BCUT2D eigenvalue weighted by Crippen LogP contribution is -2.29. The van der Waals surface area contributed by atoms with Crippen molar-refractivity contribution in [1.82, 2.24) is 15.0 Å². The van der Waals surface area contributed by atoms with Crippen molar-refractivity contribution in [3.63, 3.8) is 0 Å². The van der Waals surface area contributed by atoms with Gasteiger partial charge in [0.25, 0.3) is 0 Å². The van der Waals surface area contributed by atoms with Gasteiger partial charge in [0.15, 0.2) is 0 Å². The highest BCUT2D eigenvalue weighted by molar-refractivity contribution is 7.05. The molecule has 1 heterocycles. The first-order valence-electron chi connectivity index (χ1n) is 5.67. The molecule has 1 atom stereocenters. The summed E-state index contributed by atoms with van der Waals surface area (Å²) in [6.45, 7) is 4.18. The minimum atomic E-state index is -0.124. The Balaban J connectivity index is 2.42. The Bertz CT molecular complexity index is 526. The van der Waals surface area contributed by atoms with Gasteiger partial charge in [-0.15, -0.1) is 5.10 Å². The predicted octanol–water partition coefficient (Wildman–Crippen LogP) is 2.87. The lowest BCUT2D eigenvalue weighted by molar-refractivity contribution is 0.631. The van der Waals surface area contributed by atoms with Crippen molar-refractivity contribution in [2.24, 2.45) is 5.84 Å². The summed E-state index contributed by atoms with van der Waals surface area (Å²) >= 11 is 7.38. The summed E-state index contributed by atoms with van der Waals surface area (Å²) in [6.07, 6.45) is 0.